The molecule has 1 saturated heterocycles. The molecule has 1 aliphatic rings. The average molecular weight is 609 g/mol. The van der Waals surface area contributed by atoms with Crippen molar-refractivity contribution in [2.75, 3.05) is 13.1 Å². The molecule has 5 rings (SSSR count). The normalized spacial score (nSPS) is 15.7. The lowest BCUT2D eigenvalue weighted by Gasteiger charge is -2.25. The summed E-state index contributed by atoms with van der Waals surface area (Å²) < 4.78 is 48.9. The summed E-state index contributed by atoms with van der Waals surface area (Å²) in [7, 11) is 1.76. The minimum atomic E-state index is -4.56. The Morgan fingerprint density at radius 1 is 1.07 bits per heavy atom. The molecule has 9 nitrogen and oxygen atoms in total. The Kier molecular flexibility index (Phi) is 8.62. The summed E-state index contributed by atoms with van der Waals surface area (Å²) in [6.07, 6.45) is -0.557. The number of amides is 1. The number of nitrogens with zero attached hydrogens (tertiary/aromatic N) is 6. The van der Waals surface area contributed by atoms with Crippen molar-refractivity contribution in [3.63, 3.8) is 0 Å². The lowest BCUT2D eigenvalue weighted by atomic mass is 10.0. The van der Waals surface area contributed by atoms with Crippen LogP contribution in [-0.2, 0) is 19.8 Å². The largest absolute Gasteiger partial charge is 0.438 e. The van der Waals surface area contributed by atoms with E-state index in [-0.39, 0.29) is 23.1 Å². The SMILES string of the molecule is Cc1cc(C)c(C)c(Oc2c(C(=O)N3CCCCC(Cn4cc(C(=O)c5cccc(C(F)(F)F)c5)nn4)C3)c(C)nn2C)c1. The van der Waals surface area contributed by atoms with Gasteiger partial charge < -0.3 is 9.64 Å². The van der Waals surface area contributed by atoms with E-state index in [1.807, 2.05) is 31.7 Å². The standard InChI is InChI=1S/C32H35F3N6O3/c1-19-13-20(2)21(3)27(14-19)44-31-28(22(4)37-39(31)5)30(43)40-12-7-6-9-23(16-40)17-41-18-26(36-38-41)29(42)24-10-8-11-25(15-24)32(33,34)35/h8,10-11,13-15,18,23H,6-7,9,12,16-17H2,1-5H3. The molecule has 44 heavy (non-hydrogen) atoms. The third-order valence-electron chi connectivity index (χ3n) is 8.08. The molecule has 1 unspecified atom stereocenters. The van der Waals surface area contributed by atoms with Crippen molar-refractivity contribution >= 4 is 11.7 Å². The van der Waals surface area contributed by atoms with Gasteiger partial charge in [-0.3, -0.25) is 14.3 Å². The molecule has 3 heterocycles. The van der Waals surface area contributed by atoms with Gasteiger partial charge in [0.05, 0.1) is 17.5 Å². The van der Waals surface area contributed by atoms with Gasteiger partial charge in [0.2, 0.25) is 11.7 Å². The van der Waals surface area contributed by atoms with E-state index in [0.717, 1.165) is 48.1 Å². The molecule has 1 amide bonds. The molecule has 1 aliphatic heterocycles. The lowest BCUT2D eigenvalue weighted by molar-refractivity contribution is -0.137. The monoisotopic (exact) mass is 608 g/mol. The second-order valence-corrected chi connectivity index (χ2v) is 11.5. The Hall–Kier alpha value is -4.48. The van der Waals surface area contributed by atoms with Crippen LogP contribution >= 0.6 is 0 Å². The van der Waals surface area contributed by atoms with E-state index in [1.165, 1.54) is 23.0 Å². The Morgan fingerprint density at radius 3 is 2.59 bits per heavy atom. The van der Waals surface area contributed by atoms with Crippen LogP contribution in [0.1, 0.15) is 73.6 Å². The molecule has 1 fully saturated rings. The first-order valence-electron chi connectivity index (χ1n) is 14.5. The zero-order chi connectivity index (χ0) is 31.8. The van der Waals surface area contributed by atoms with Crippen LogP contribution in [0.5, 0.6) is 11.6 Å². The number of carbonyl (C=O) groups excluding carboxylic acids is 2. The number of hydrogen-bond donors (Lipinski definition) is 0. The number of ketones is 1. The summed E-state index contributed by atoms with van der Waals surface area (Å²) in [6.45, 7) is 9.21. The van der Waals surface area contributed by atoms with E-state index in [0.29, 0.717) is 42.5 Å². The van der Waals surface area contributed by atoms with Gasteiger partial charge in [-0.25, -0.2) is 4.68 Å². The van der Waals surface area contributed by atoms with Crippen LogP contribution in [-0.4, -0.2) is 54.5 Å². The highest BCUT2D eigenvalue weighted by Crippen LogP contribution is 2.33. The van der Waals surface area contributed by atoms with Crippen molar-refractivity contribution in [1.29, 1.82) is 0 Å². The van der Waals surface area contributed by atoms with Crippen LogP contribution in [0, 0.1) is 33.6 Å². The maximum Gasteiger partial charge on any atom is 0.416 e. The zero-order valence-corrected chi connectivity index (χ0v) is 25.4. The second kappa shape index (κ2) is 12.3. The second-order valence-electron chi connectivity index (χ2n) is 11.5. The fraction of sp³-hybridized carbons (Fsp3) is 0.406. The van der Waals surface area contributed by atoms with Crippen LogP contribution in [0.25, 0.3) is 0 Å². The van der Waals surface area contributed by atoms with E-state index in [2.05, 4.69) is 21.5 Å². The first-order valence-corrected chi connectivity index (χ1v) is 14.5. The van der Waals surface area contributed by atoms with Crippen molar-refractivity contribution in [3.8, 4) is 11.6 Å². The van der Waals surface area contributed by atoms with Gasteiger partial charge in [0.1, 0.15) is 11.3 Å². The van der Waals surface area contributed by atoms with Crippen molar-refractivity contribution in [2.24, 2.45) is 13.0 Å². The van der Waals surface area contributed by atoms with E-state index in [9.17, 15) is 22.8 Å². The first kappa shape index (κ1) is 31.0. The smallest absolute Gasteiger partial charge is 0.416 e. The van der Waals surface area contributed by atoms with Crippen LogP contribution in [0.15, 0.2) is 42.6 Å². The number of halogens is 3. The number of aryl methyl sites for hydroxylation is 4. The van der Waals surface area contributed by atoms with Gasteiger partial charge in [-0.1, -0.05) is 29.8 Å². The molecule has 2 aromatic heterocycles. The Balaban J connectivity index is 1.32. The molecule has 12 heteroatoms. The summed E-state index contributed by atoms with van der Waals surface area (Å²) in [6, 6.07) is 8.28. The predicted molar refractivity (Wildman–Crippen MR) is 157 cm³/mol. The zero-order valence-electron chi connectivity index (χ0n) is 25.4. The maximum absolute atomic E-state index is 14.0. The number of benzene rings is 2. The van der Waals surface area contributed by atoms with Gasteiger partial charge in [0.25, 0.3) is 5.91 Å². The number of aromatic nitrogens is 5. The molecule has 0 aliphatic carbocycles. The highest BCUT2D eigenvalue weighted by molar-refractivity contribution is 6.07. The summed E-state index contributed by atoms with van der Waals surface area (Å²) in [4.78, 5) is 28.7. The molecule has 0 radical (unpaired) electrons. The molecule has 1 atom stereocenters. The van der Waals surface area contributed by atoms with Crippen molar-refractivity contribution < 1.29 is 27.5 Å². The summed E-state index contributed by atoms with van der Waals surface area (Å²) in [5.74, 6) is 0.269. The summed E-state index contributed by atoms with van der Waals surface area (Å²) >= 11 is 0. The van der Waals surface area contributed by atoms with Gasteiger partial charge in [-0.05, 0) is 81.3 Å². The predicted octanol–water partition coefficient (Wildman–Crippen LogP) is 6.23. The lowest BCUT2D eigenvalue weighted by Crippen LogP contribution is -2.36. The minimum Gasteiger partial charge on any atom is -0.438 e. The van der Waals surface area contributed by atoms with Gasteiger partial charge in [0, 0.05) is 32.2 Å². The number of rotatable bonds is 7. The molecule has 0 N–H and O–H groups in total. The first-order chi connectivity index (χ1) is 20.8. The van der Waals surface area contributed by atoms with Crippen LogP contribution < -0.4 is 4.74 Å². The van der Waals surface area contributed by atoms with E-state index in [4.69, 9.17) is 4.74 Å². The molecular formula is C32H35F3N6O3. The highest BCUT2D eigenvalue weighted by atomic mass is 19.4. The van der Waals surface area contributed by atoms with E-state index < -0.39 is 17.5 Å². The van der Waals surface area contributed by atoms with Crippen LogP contribution in [0.4, 0.5) is 13.2 Å². The van der Waals surface area contributed by atoms with Gasteiger partial charge >= 0.3 is 6.18 Å². The minimum absolute atomic E-state index is 0.0164. The molecule has 0 bridgehead atoms. The number of carbonyl (C=O) groups is 2. The number of ether oxygens (including phenoxy) is 1. The average Bonchev–Trinajstić information content (AvgIpc) is 3.45. The van der Waals surface area contributed by atoms with Crippen molar-refractivity contribution in [3.05, 3.63) is 87.4 Å². The van der Waals surface area contributed by atoms with Crippen LogP contribution in [0.3, 0.4) is 0 Å². The number of likely N-dealkylation sites (tertiary alicyclic amines) is 1. The van der Waals surface area contributed by atoms with Crippen LogP contribution in [0.2, 0.25) is 0 Å². The van der Waals surface area contributed by atoms with Crippen molar-refractivity contribution in [2.45, 2.75) is 59.7 Å². The van der Waals surface area contributed by atoms with Gasteiger partial charge in [-0.15, -0.1) is 5.10 Å². The Bertz CT molecular complexity index is 1710. The quantitative estimate of drug-likeness (QED) is 0.231. The summed E-state index contributed by atoms with van der Waals surface area (Å²) in [5.41, 5.74) is 3.07. The van der Waals surface area contributed by atoms with Gasteiger partial charge in [-0.2, -0.15) is 18.3 Å². The van der Waals surface area contributed by atoms with Gasteiger partial charge in [0.15, 0.2) is 5.69 Å². The summed E-state index contributed by atoms with van der Waals surface area (Å²) in [5, 5.41) is 12.5. The van der Waals surface area contributed by atoms with Crippen molar-refractivity contribution in [1.82, 2.24) is 29.7 Å². The maximum atomic E-state index is 14.0. The molecule has 0 spiro atoms. The molecule has 4 aromatic rings. The Morgan fingerprint density at radius 2 is 1.84 bits per heavy atom. The third kappa shape index (κ3) is 6.53. The number of alkyl halides is 3. The topological polar surface area (TPSA) is 95.1 Å². The third-order valence-corrected chi connectivity index (χ3v) is 8.08. The molecule has 2 aromatic carbocycles. The number of hydrogen-bond acceptors (Lipinski definition) is 6. The van der Waals surface area contributed by atoms with E-state index >= 15 is 0 Å². The van der Waals surface area contributed by atoms with E-state index in [1.54, 1.807) is 18.7 Å². The Labute approximate surface area is 253 Å². The molecular weight excluding hydrogens is 573 g/mol. The molecule has 232 valence electrons. The fourth-order valence-corrected chi connectivity index (χ4v) is 5.67. The highest BCUT2D eigenvalue weighted by Gasteiger charge is 2.32. The molecule has 0 saturated carbocycles. The fourth-order valence-electron chi connectivity index (χ4n) is 5.67.